The second-order valence-electron chi connectivity index (χ2n) is 6.39. The zero-order chi connectivity index (χ0) is 17.5. The summed E-state index contributed by atoms with van der Waals surface area (Å²) in [5.74, 6) is 0.195. The van der Waals surface area contributed by atoms with Gasteiger partial charge in [-0.25, -0.2) is 0 Å². The van der Waals surface area contributed by atoms with Crippen LogP contribution in [0.1, 0.15) is 19.3 Å². The molecule has 2 fully saturated rings. The zero-order valence-electron chi connectivity index (χ0n) is 14.5. The van der Waals surface area contributed by atoms with Gasteiger partial charge < -0.3 is 20.3 Å². The Bertz CT molecular complexity index is 604. The summed E-state index contributed by atoms with van der Waals surface area (Å²) in [6.45, 7) is 6.41. The van der Waals surface area contributed by atoms with Crippen LogP contribution in [0.25, 0.3) is 0 Å². The van der Waals surface area contributed by atoms with Gasteiger partial charge in [0.15, 0.2) is 5.11 Å². The molecule has 2 aliphatic rings. The smallest absolute Gasteiger partial charge is 0.227 e. The lowest BCUT2D eigenvalue weighted by molar-refractivity contribution is -0.117. The van der Waals surface area contributed by atoms with Crippen molar-refractivity contribution in [3.05, 3.63) is 24.3 Å². The summed E-state index contributed by atoms with van der Waals surface area (Å²) in [6.07, 6.45) is 2.62. The highest BCUT2D eigenvalue weighted by atomic mass is 32.1. The van der Waals surface area contributed by atoms with Crippen LogP contribution < -0.4 is 15.5 Å². The minimum absolute atomic E-state index is 0.195. The highest BCUT2D eigenvalue weighted by molar-refractivity contribution is 7.80. The van der Waals surface area contributed by atoms with Crippen LogP contribution >= 0.6 is 12.2 Å². The number of rotatable bonds is 6. The Morgan fingerprint density at radius 2 is 2.08 bits per heavy atom. The predicted octanol–water partition coefficient (Wildman–Crippen LogP) is 1.82. The van der Waals surface area contributed by atoms with Crippen molar-refractivity contribution in [1.29, 1.82) is 0 Å². The molecule has 0 bridgehead atoms. The maximum Gasteiger partial charge on any atom is 0.227 e. The minimum atomic E-state index is 0.195. The van der Waals surface area contributed by atoms with E-state index in [9.17, 15) is 4.79 Å². The fourth-order valence-corrected chi connectivity index (χ4v) is 3.40. The van der Waals surface area contributed by atoms with Gasteiger partial charge in [0.05, 0.1) is 13.2 Å². The summed E-state index contributed by atoms with van der Waals surface area (Å²) in [6, 6.07) is 7.86. The van der Waals surface area contributed by atoms with Crippen molar-refractivity contribution in [2.24, 2.45) is 0 Å². The number of hydrogen-bond donors (Lipinski definition) is 2. The number of morpholine rings is 1. The van der Waals surface area contributed by atoms with Crippen molar-refractivity contribution in [3.63, 3.8) is 0 Å². The average Bonchev–Trinajstić information content (AvgIpc) is 3.06. The van der Waals surface area contributed by atoms with Crippen LogP contribution in [-0.2, 0) is 9.53 Å². The third-order valence-electron chi connectivity index (χ3n) is 4.53. The van der Waals surface area contributed by atoms with E-state index in [4.69, 9.17) is 17.0 Å². The highest BCUT2D eigenvalue weighted by Crippen LogP contribution is 2.24. The number of amides is 1. The molecule has 2 N–H and O–H groups in total. The second kappa shape index (κ2) is 9.12. The normalized spacial score (nSPS) is 18.4. The van der Waals surface area contributed by atoms with Crippen LogP contribution in [0.15, 0.2) is 24.3 Å². The lowest BCUT2D eigenvalue weighted by Gasteiger charge is -2.26. The van der Waals surface area contributed by atoms with Gasteiger partial charge in [0, 0.05) is 44.0 Å². The summed E-state index contributed by atoms with van der Waals surface area (Å²) < 4.78 is 5.35. The monoisotopic (exact) mass is 362 g/mol. The number of nitrogens with one attached hydrogen (secondary N) is 2. The molecule has 1 aromatic carbocycles. The van der Waals surface area contributed by atoms with Crippen molar-refractivity contribution in [1.82, 2.24) is 10.2 Å². The van der Waals surface area contributed by atoms with E-state index in [1.807, 2.05) is 29.2 Å². The van der Waals surface area contributed by atoms with Crippen molar-refractivity contribution in [2.75, 3.05) is 56.2 Å². The molecule has 0 unspecified atom stereocenters. The average molecular weight is 362 g/mol. The Morgan fingerprint density at radius 1 is 1.24 bits per heavy atom. The van der Waals surface area contributed by atoms with Gasteiger partial charge in [-0.1, -0.05) is 6.07 Å². The van der Waals surface area contributed by atoms with Crippen molar-refractivity contribution in [2.45, 2.75) is 19.3 Å². The van der Waals surface area contributed by atoms with E-state index in [1.54, 1.807) is 0 Å². The Kier molecular flexibility index (Phi) is 6.61. The van der Waals surface area contributed by atoms with E-state index in [-0.39, 0.29) is 5.91 Å². The third kappa shape index (κ3) is 5.39. The lowest BCUT2D eigenvalue weighted by atomic mass is 10.2. The first-order valence-electron chi connectivity index (χ1n) is 8.98. The van der Waals surface area contributed by atoms with Gasteiger partial charge in [-0.05, 0) is 49.8 Å². The number of carbonyl (C=O) groups is 1. The predicted molar refractivity (Wildman–Crippen MR) is 104 cm³/mol. The first-order chi connectivity index (χ1) is 12.2. The molecule has 0 atom stereocenters. The molecular weight excluding hydrogens is 336 g/mol. The Hall–Kier alpha value is -1.70. The fraction of sp³-hybridized carbons (Fsp3) is 0.556. The summed E-state index contributed by atoms with van der Waals surface area (Å²) in [5.41, 5.74) is 1.84. The topological polar surface area (TPSA) is 56.8 Å². The maximum absolute atomic E-state index is 11.9. The van der Waals surface area contributed by atoms with Crippen LogP contribution in [0, 0.1) is 0 Å². The summed E-state index contributed by atoms with van der Waals surface area (Å²) in [4.78, 5) is 16.1. The van der Waals surface area contributed by atoms with E-state index in [2.05, 4.69) is 15.5 Å². The Balaban J connectivity index is 1.41. The summed E-state index contributed by atoms with van der Waals surface area (Å²) in [7, 11) is 0. The number of thiocarbonyl (C=S) groups is 1. The highest BCUT2D eigenvalue weighted by Gasteiger charge is 2.21. The number of anilines is 2. The van der Waals surface area contributed by atoms with Gasteiger partial charge >= 0.3 is 0 Å². The minimum Gasteiger partial charge on any atom is -0.379 e. The van der Waals surface area contributed by atoms with E-state index < -0.39 is 0 Å². The molecule has 2 aliphatic heterocycles. The van der Waals surface area contributed by atoms with Crippen LogP contribution in [0.4, 0.5) is 11.4 Å². The molecule has 2 heterocycles. The molecule has 136 valence electrons. The van der Waals surface area contributed by atoms with Crippen molar-refractivity contribution < 1.29 is 9.53 Å². The SMILES string of the molecule is O=C1CCCN1c1cccc(NC(=S)NCCCN2CCOCC2)c1. The van der Waals surface area contributed by atoms with Crippen LogP contribution in [0.5, 0.6) is 0 Å². The molecule has 0 radical (unpaired) electrons. The quantitative estimate of drug-likeness (QED) is 0.595. The third-order valence-corrected chi connectivity index (χ3v) is 4.78. The molecule has 25 heavy (non-hydrogen) atoms. The molecule has 3 rings (SSSR count). The van der Waals surface area contributed by atoms with E-state index in [1.165, 1.54) is 0 Å². The fourth-order valence-electron chi connectivity index (χ4n) is 3.18. The van der Waals surface area contributed by atoms with Gasteiger partial charge in [-0.15, -0.1) is 0 Å². The van der Waals surface area contributed by atoms with Gasteiger partial charge in [0.25, 0.3) is 0 Å². The molecule has 0 aromatic heterocycles. The zero-order valence-corrected chi connectivity index (χ0v) is 15.3. The van der Waals surface area contributed by atoms with Crippen LogP contribution in [0.2, 0.25) is 0 Å². The number of ether oxygens (including phenoxy) is 1. The first-order valence-corrected chi connectivity index (χ1v) is 9.38. The Labute approximate surface area is 154 Å². The first kappa shape index (κ1) is 18.1. The number of carbonyl (C=O) groups excluding carboxylic acids is 1. The number of hydrogen-bond acceptors (Lipinski definition) is 4. The molecule has 6 nitrogen and oxygen atoms in total. The molecule has 0 aliphatic carbocycles. The van der Waals surface area contributed by atoms with Crippen molar-refractivity contribution >= 4 is 34.6 Å². The number of nitrogens with zero attached hydrogens (tertiary/aromatic N) is 2. The molecule has 1 aromatic rings. The van der Waals surface area contributed by atoms with E-state index >= 15 is 0 Å². The standard InChI is InChI=1S/C18H26N4O2S/c23-17-6-2-9-22(17)16-5-1-4-15(14-16)20-18(25)19-7-3-8-21-10-12-24-13-11-21/h1,4-5,14H,2-3,6-13H2,(H2,19,20,25). The number of benzene rings is 1. The van der Waals surface area contributed by atoms with E-state index in [0.717, 1.165) is 70.2 Å². The summed E-state index contributed by atoms with van der Waals surface area (Å²) >= 11 is 5.37. The second-order valence-corrected chi connectivity index (χ2v) is 6.80. The molecule has 1 amide bonds. The molecule has 0 spiro atoms. The molecule has 0 saturated carbocycles. The maximum atomic E-state index is 11.9. The molecule has 2 saturated heterocycles. The van der Waals surface area contributed by atoms with Gasteiger partial charge in [0.2, 0.25) is 5.91 Å². The van der Waals surface area contributed by atoms with Crippen LogP contribution in [-0.4, -0.2) is 61.9 Å². The van der Waals surface area contributed by atoms with Gasteiger partial charge in [-0.2, -0.15) is 0 Å². The van der Waals surface area contributed by atoms with E-state index in [0.29, 0.717) is 11.5 Å². The lowest BCUT2D eigenvalue weighted by Crippen LogP contribution is -2.38. The largest absolute Gasteiger partial charge is 0.379 e. The van der Waals surface area contributed by atoms with Gasteiger partial charge in [0.1, 0.15) is 0 Å². The van der Waals surface area contributed by atoms with Gasteiger partial charge in [-0.3, -0.25) is 9.69 Å². The summed E-state index contributed by atoms with van der Waals surface area (Å²) in [5, 5.41) is 7.08. The van der Waals surface area contributed by atoms with Crippen molar-refractivity contribution in [3.8, 4) is 0 Å². The Morgan fingerprint density at radius 3 is 2.84 bits per heavy atom. The molecular formula is C18H26N4O2S. The van der Waals surface area contributed by atoms with Crippen LogP contribution in [0.3, 0.4) is 0 Å². The molecule has 7 heteroatoms.